The largest absolute Gasteiger partial charge is 0.329 e. The molecule has 1 heterocycles. The molecule has 0 spiro atoms. The van der Waals surface area contributed by atoms with Crippen molar-refractivity contribution < 1.29 is 0 Å². The molecule has 0 bridgehead atoms. The van der Waals surface area contributed by atoms with E-state index >= 15 is 0 Å². The van der Waals surface area contributed by atoms with Gasteiger partial charge in [-0.15, -0.1) is 11.3 Å². The predicted molar refractivity (Wildman–Crippen MR) is 62.0 cm³/mol. The molecule has 0 amide bonds. The number of hydrogen-bond acceptors (Lipinski definition) is 3. The normalized spacial score (nSPS) is 11.1. The first-order chi connectivity index (χ1) is 6.26. The molecule has 0 unspecified atom stereocenters. The van der Waals surface area contributed by atoms with Crippen molar-refractivity contribution in [3.8, 4) is 0 Å². The molecule has 13 heavy (non-hydrogen) atoms. The molecule has 0 aromatic carbocycles. The van der Waals surface area contributed by atoms with Crippen LogP contribution in [0.25, 0.3) is 0 Å². The summed E-state index contributed by atoms with van der Waals surface area (Å²) >= 11 is 5.19. The van der Waals surface area contributed by atoms with Gasteiger partial charge in [-0.2, -0.15) is 0 Å². The second-order valence-corrected chi connectivity index (χ2v) is 5.21. The van der Waals surface area contributed by atoms with Crippen LogP contribution in [0, 0.1) is 0 Å². The fourth-order valence-corrected chi connectivity index (χ4v) is 2.42. The Morgan fingerprint density at radius 3 is 2.85 bits per heavy atom. The van der Waals surface area contributed by atoms with Crippen LogP contribution in [0.2, 0.25) is 0 Å². The second kappa shape index (κ2) is 5.75. The van der Waals surface area contributed by atoms with Crippen molar-refractivity contribution in [3.05, 3.63) is 20.8 Å². The summed E-state index contributed by atoms with van der Waals surface area (Å²) in [7, 11) is 0. The van der Waals surface area contributed by atoms with Gasteiger partial charge in [0.05, 0.1) is 3.79 Å². The Morgan fingerprint density at radius 2 is 2.38 bits per heavy atom. The molecule has 0 saturated heterocycles. The number of nitrogens with zero attached hydrogens (tertiary/aromatic N) is 1. The minimum absolute atomic E-state index is 0.735. The summed E-state index contributed by atoms with van der Waals surface area (Å²) in [5.41, 5.74) is 6.88. The first kappa shape index (κ1) is 11.2. The van der Waals surface area contributed by atoms with Crippen LogP contribution in [0.5, 0.6) is 0 Å². The van der Waals surface area contributed by atoms with Crippen molar-refractivity contribution in [2.45, 2.75) is 13.5 Å². The number of likely N-dealkylation sites (N-methyl/N-ethyl adjacent to an activating group) is 1. The summed E-state index contributed by atoms with van der Waals surface area (Å²) in [4.78, 5) is 2.34. The zero-order valence-corrected chi connectivity index (χ0v) is 10.2. The Balaban J connectivity index is 2.46. The molecule has 1 aromatic rings. The van der Waals surface area contributed by atoms with E-state index in [9.17, 15) is 0 Å². The highest BCUT2D eigenvalue weighted by Gasteiger charge is 2.03. The third kappa shape index (κ3) is 3.77. The molecule has 1 aromatic heterocycles. The van der Waals surface area contributed by atoms with Crippen molar-refractivity contribution in [2.24, 2.45) is 5.73 Å². The molecular weight excluding hydrogens is 248 g/mol. The molecule has 74 valence electrons. The van der Waals surface area contributed by atoms with Gasteiger partial charge < -0.3 is 5.73 Å². The second-order valence-electron chi connectivity index (χ2n) is 2.92. The zero-order valence-electron chi connectivity index (χ0n) is 7.79. The van der Waals surface area contributed by atoms with Crippen molar-refractivity contribution in [1.29, 1.82) is 0 Å². The van der Waals surface area contributed by atoms with E-state index in [1.165, 1.54) is 9.35 Å². The number of nitrogens with two attached hydrogens (primary N) is 1. The molecule has 4 heteroatoms. The average molecular weight is 263 g/mol. The number of hydrogen-bond donors (Lipinski definition) is 1. The van der Waals surface area contributed by atoms with Crippen LogP contribution in [-0.4, -0.2) is 24.5 Å². The minimum Gasteiger partial charge on any atom is -0.329 e. The molecule has 0 aliphatic heterocycles. The molecule has 0 radical (unpaired) electrons. The fraction of sp³-hybridized carbons (Fsp3) is 0.556. The van der Waals surface area contributed by atoms with Gasteiger partial charge in [0.15, 0.2) is 0 Å². The Labute approximate surface area is 91.9 Å². The molecule has 1 rings (SSSR count). The van der Waals surface area contributed by atoms with Gasteiger partial charge in [-0.3, -0.25) is 4.90 Å². The molecule has 0 atom stereocenters. The molecule has 0 saturated carbocycles. The number of halogens is 1. The van der Waals surface area contributed by atoms with E-state index in [4.69, 9.17) is 5.73 Å². The van der Waals surface area contributed by atoms with Crippen LogP contribution < -0.4 is 5.73 Å². The topological polar surface area (TPSA) is 29.3 Å². The number of rotatable bonds is 5. The van der Waals surface area contributed by atoms with E-state index in [0.717, 1.165) is 26.2 Å². The third-order valence-electron chi connectivity index (χ3n) is 1.92. The Hall–Kier alpha value is 0.100. The maximum atomic E-state index is 5.52. The summed E-state index contributed by atoms with van der Waals surface area (Å²) in [5.74, 6) is 0. The summed E-state index contributed by atoms with van der Waals surface area (Å²) in [6.45, 7) is 5.95. The highest BCUT2D eigenvalue weighted by molar-refractivity contribution is 9.11. The van der Waals surface area contributed by atoms with E-state index < -0.39 is 0 Å². The molecule has 0 aliphatic carbocycles. The maximum absolute atomic E-state index is 5.52. The van der Waals surface area contributed by atoms with Crippen LogP contribution in [-0.2, 0) is 6.54 Å². The van der Waals surface area contributed by atoms with Crippen LogP contribution in [0.3, 0.4) is 0 Å². The van der Waals surface area contributed by atoms with Crippen LogP contribution >= 0.6 is 27.3 Å². The van der Waals surface area contributed by atoms with E-state index in [-0.39, 0.29) is 0 Å². The summed E-state index contributed by atoms with van der Waals surface area (Å²) in [5, 5.41) is 2.18. The summed E-state index contributed by atoms with van der Waals surface area (Å²) < 4.78 is 1.20. The highest BCUT2D eigenvalue weighted by Crippen LogP contribution is 2.21. The molecular formula is C9H15BrN2S. The zero-order chi connectivity index (χ0) is 9.68. The summed E-state index contributed by atoms with van der Waals surface area (Å²) in [6.07, 6.45) is 0. The SMILES string of the molecule is CCN(CCN)Cc1csc(Br)c1. The lowest BCUT2D eigenvalue weighted by atomic mass is 10.3. The third-order valence-corrected chi connectivity index (χ3v) is 3.47. The van der Waals surface area contributed by atoms with Crippen molar-refractivity contribution in [3.63, 3.8) is 0 Å². The Bertz CT molecular complexity index is 250. The van der Waals surface area contributed by atoms with Gasteiger partial charge in [-0.05, 0) is 39.5 Å². The predicted octanol–water partition coefficient (Wildman–Crippen LogP) is 2.29. The Morgan fingerprint density at radius 1 is 1.62 bits per heavy atom. The van der Waals surface area contributed by atoms with Gasteiger partial charge in [0, 0.05) is 19.6 Å². The lowest BCUT2D eigenvalue weighted by Crippen LogP contribution is -2.28. The van der Waals surface area contributed by atoms with E-state index in [1.807, 2.05) is 0 Å². The molecule has 0 fully saturated rings. The van der Waals surface area contributed by atoms with Gasteiger partial charge >= 0.3 is 0 Å². The summed E-state index contributed by atoms with van der Waals surface area (Å²) in [6, 6.07) is 2.17. The molecule has 2 nitrogen and oxygen atoms in total. The average Bonchev–Trinajstić information content (AvgIpc) is 2.50. The van der Waals surface area contributed by atoms with E-state index in [0.29, 0.717) is 0 Å². The first-order valence-corrected chi connectivity index (χ1v) is 6.09. The van der Waals surface area contributed by atoms with Gasteiger partial charge in [0.25, 0.3) is 0 Å². The monoisotopic (exact) mass is 262 g/mol. The van der Waals surface area contributed by atoms with Crippen molar-refractivity contribution >= 4 is 27.3 Å². The van der Waals surface area contributed by atoms with Gasteiger partial charge in [-0.1, -0.05) is 6.92 Å². The smallest absolute Gasteiger partial charge is 0.0701 e. The highest BCUT2D eigenvalue weighted by atomic mass is 79.9. The standard InChI is InChI=1S/C9H15BrN2S/c1-2-12(4-3-11)6-8-5-9(10)13-7-8/h5,7H,2-4,6,11H2,1H3. The van der Waals surface area contributed by atoms with E-state index in [1.54, 1.807) is 11.3 Å². The lowest BCUT2D eigenvalue weighted by molar-refractivity contribution is 0.288. The number of thiophene rings is 1. The quantitative estimate of drug-likeness (QED) is 0.883. The maximum Gasteiger partial charge on any atom is 0.0701 e. The van der Waals surface area contributed by atoms with Gasteiger partial charge in [0.1, 0.15) is 0 Å². The Kier molecular flexibility index (Phi) is 4.94. The molecule has 0 aliphatic rings. The van der Waals surface area contributed by atoms with Crippen molar-refractivity contribution in [1.82, 2.24) is 4.90 Å². The van der Waals surface area contributed by atoms with E-state index in [2.05, 4.69) is 39.2 Å². The van der Waals surface area contributed by atoms with Crippen LogP contribution in [0.4, 0.5) is 0 Å². The van der Waals surface area contributed by atoms with Crippen LogP contribution in [0.1, 0.15) is 12.5 Å². The minimum atomic E-state index is 0.735. The van der Waals surface area contributed by atoms with Gasteiger partial charge in [-0.25, -0.2) is 0 Å². The molecule has 2 N–H and O–H groups in total. The fourth-order valence-electron chi connectivity index (χ4n) is 1.22. The lowest BCUT2D eigenvalue weighted by Gasteiger charge is -2.18. The van der Waals surface area contributed by atoms with Crippen molar-refractivity contribution in [2.75, 3.05) is 19.6 Å². The van der Waals surface area contributed by atoms with Crippen LogP contribution in [0.15, 0.2) is 15.2 Å². The first-order valence-electron chi connectivity index (χ1n) is 4.41. The van der Waals surface area contributed by atoms with Gasteiger partial charge in [0.2, 0.25) is 0 Å².